The van der Waals surface area contributed by atoms with Crippen LogP contribution in [0.2, 0.25) is 0 Å². The van der Waals surface area contributed by atoms with Gasteiger partial charge < -0.3 is 10.1 Å². The number of sulfonamides is 1. The molecule has 0 saturated heterocycles. The van der Waals surface area contributed by atoms with Crippen molar-refractivity contribution in [1.29, 1.82) is 0 Å². The third kappa shape index (κ3) is 3.48. The lowest BCUT2D eigenvalue weighted by Crippen LogP contribution is -2.32. The Labute approximate surface area is 189 Å². The average Bonchev–Trinajstić information content (AvgIpc) is 3.27. The number of fused-ring (bicyclic) bond motifs is 4. The van der Waals surface area contributed by atoms with E-state index in [4.69, 9.17) is 4.74 Å². The van der Waals surface area contributed by atoms with Crippen molar-refractivity contribution < 1.29 is 13.2 Å². The molecule has 3 aromatic rings. The van der Waals surface area contributed by atoms with Crippen LogP contribution in [0.4, 0.5) is 5.69 Å². The van der Waals surface area contributed by atoms with Crippen molar-refractivity contribution >= 4 is 26.5 Å². The normalized spacial score (nSPS) is 21.9. The number of methoxy groups -OCH3 is 1. The molecule has 32 heavy (non-hydrogen) atoms. The number of rotatable bonds is 5. The molecule has 3 atom stereocenters. The third-order valence-electron chi connectivity index (χ3n) is 6.50. The summed E-state index contributed by atoms with van der Waals surface area (Å²) in [5, 5.41) is 6.10. The van der Waals surface area contributed by atoms with Gasteiger partial charge >= 0.3 is 0 Å². The van der Waals surface area contributed by atoms with Crippen molar-refractivity contribution in [3.63, 3.8) is 0 Å². The molecular weight excluding hydrogens is 420 g/mol. The second-order valence-corrected chi connectivity index (χ2v) is 10.6. The van der Waals surface area contributed by atoms with Crippen molar-refractivity contribution in [2.45, 2.75) is 43.2 Å². The van der Waals surface area contributed by atoms with Crippen molar-refractivity contribution in [1.82, 2.24) is 4.72 Å². The molecule has 0 amide bonds. The summed E-state index contributed by atoms with van der Waals surface area (Å²) < 4.78 is 34.0. The van der Waals surface area contributed by atoms with Gasteiger partial charge in [-0.15, -0.1) is 0 Å². The van der Waals surface area contributed by atoms with Gasteiger partial charge in [-0.2, -0.15) is 0 Å². The summed E-state index contributed by atoms with van der Waals surface area (Å²) in [7, 11) is -1.83. The van der Waals surface area contributed by atoms with Crippen LogP contribution in [-0.4, -0.2) is 21.6 Å². The highest BCUT2D eigenvalue weighted by molar-refractivity contribution is 7.89. The van der Waals surface area contributed by atoms with Gasteiger partial charge in [-0.05, 0) is 66.8 Å². The zero-order chi connectivity index (χ0) is 22.5. The van der Waals surface area contributed by atoms with Gasteiger partial charge in [-0.25, -0.2) is 13.1 Å². The summed E-state index contributed by atoms with van der Waals surface area (Å²) in [6.07, 6.45) is 5.36. The van der Waals surface area contributed by atoms with Crippen LogP contribution in [0.3, 0.4) is 0 Å². The van der Waals surface area contributed by atoms with Crippen LogP contribution in [0, 0.1) is 5.92 Å². The smallest absolute Gasteiger partial charge is 0.240 e. The molecule has 0 fully saturated rings. The maximum Gasteiger partial charge on any atom is 0.240 e. The zero-order valence-corrected chi connectivity index (χ0v) is 19.3. The van der Waals surface area contributed by atoms with Crippen LogP contribution in [0.25, 0.3) is 10.8 Å². The lowest BCUT2D eigenvalue weighted by molar-refractivity contribution is 0.383. The molecule has 5 rings (SSSR count). The Morgan fingerprint density at radius 2 is 1.91 bits per heavy atom. The molecular formula is C26H28N2O3S. The molecule has 5 nitrogen and oxygen atoms in total. The number of ether oxygens (including phenoxy) is 1. The fraction of sp³-hybridized carbons (Fsp3) is 0.308. The minimum atomic E-state index is -3.55. The quantitative estimate of drug-likeness (QED) is 0.516. The average molecular weight is 449 g/mol. The number of benzene rings is 3. The minimum Gasteiger partial charge on any atom is -0.496 e. The van der Waals surface area contributed by atoms with Crippen LogP contribution in [0.15, 0.2) is 71.6 Å². The topological polar surface area (TPSA) is 67.4 Å². The van der Waals surface area contributed by atoms with E-state index >= 15 is 0 Å². The van der Waals surface area contributed by atoms with E-state index < -0.39 is 10.0 Å². The summed E-state index contributed by atoms with van der Waals surface area (Å²) in [6, 6.07) is 17.8. The van der Waals surface area contributed by atoms with Gasteiger partial charge in [0, 0.05) is 23.2 Å². The molecule has 1 aliphatic carbocycles. The van der Waals surface area contributed by atoms with Gasteiger partial charge in [0.05, 0.1) is 18.0 Å². The molecule has 2 aliphatic rings. The second-order valence-electron chi connectivity index (χ2n) is 8.90. The first kappa shape index (κ1) is 21.0. The highest BCUT2D eigenvalue weighted by atomic mass is 32.2. The van der Waals surface area contributed by atoms with E-state index in [1.54, 1.807) is 13.2 Å². The maximum atomic E-state index is 12.8. The molecule has 1 heterocycles. The predicted molar refractivity (Wildman–Crippen MR) is 129 cm³/mol. The Balaban J connectivity index is 1.62. The zero-order valence-electron chi connectivity index (χ0n) is 18.5. The minimum absolute atomic E-state index is 0.0554. The number of anilines is 1. The van der Waals surface area contributed by atoms with Crippen molar-refractivity contribution in [3.05, 3.63) is 77.9 Å². The Morgan fingerprint density at radius 1 is 1.09 bits per heavy atom. The summed E-state index contributed by atoms with van der Waals surface area (Å²) >= 11 is 0. The molecule has 6 heteroatoms. The van der Waals surface area contributed by atoms with Crippen LogP contribution >= 0.6 is 0 Å². The summed E-state index contributed by atoms with van der Waals surface area (Å²) in [5.74, 6) is 1.29. The molecule has 3 unspecified atom stereocenters. The first-order chi connectivity index (χ1) is 15.4. The first-order valence-corrected chi connectivity index (χ1v) is 12.5. The number of hydrogen-bond donors (Lipinski definition) is 2. The van der Waals surface area contributed by atoms with Gasteiger partial charge in [0.2, 0.25) is 10.0 Å². The summed E-state index contributed by atoms with van der Waals surface area (Å²) in [6.45, 7) is 3.66. The van der Waals surface area contributed by atoms with E-state index in [1.807, 2.05) is 32.0 Å². The van der Waals surface area contributed by atoms with Crippen LogP contribution in [-0.2, 0) is 10.0 Å². The van der Waals surface area contributed by atoms with E-state index in [9.17, 15) is 8.42 Å². The Hall–Kier alpha value is -2.83. The standard InChI is InChI=1S/C26H28N2O3S/c1-16(2)28-32(29,30)18-12-13-23-22(15-18)20-9-6-10-21(20)26(27-23)25-19-8-5-4-7-17(19)11-14-24(25)31-3/h4-9,11-16,20-21,26-28H,10H2,1-3H3. The van der Waals surface area contributed by atoms with Crippen molar-refractivity contribution in [2.24, 2.45) is 5.92 Å². The number of nitrogens with one attached hydrogen (secondary N) is 2. The van der Waals surface area contributed by atoms with E-state index in [0.717, 1.165) is 29.0 Å². The molecule has 0 spiro atoms. The number of allylic oxidation sites excluding steroid dienone is 2. The molecule has 0 aromatic heterocycles. The van der Waals surface area contributed by atoms with Crippen molar-refractivity contribution in [3.8, 4) is 5.75 Å². The highest BCUT2D eigenvalue weighted by Crippen LogP contribution is 2.52. The van der Waals surface area contributed by atoms with Gasteiger partial charge in [0.1, 0.15) is 5.75 Å². The second kappa shape index (κ2) is 7.94. The Bertz CT molecular complexity index is 1310. The fourth-order valence-corrected chi connectivity index (χ4v) is 6.46. The molecule has 0 radical (unpaired) electrons. The van der Waals surface area contributed by atoms with Crippen LogP contribution < -0.4 is 14.8 Å². The largest absolute Gasteiger partial charge is 0.496 e. The highest BCUT2D eigenvalue weighted by Gasteiger charge is 2.40. The molecule has 166 valence electrons. The van der Waals surface area contributed by atoms with Crippen molar-refractivity contribution in [2.75, 3.05) is 12.4 Å². The SMILES string of the molecule is COc1ccc2ccccc2c1C1Nc2ccc(S(=O)(=O)NC(C)C)cc2C2C=CCC21. The number of hydrogen-bond acceptors (Lipinski definition) is 4. The predicted octanol–water partition coefficient (Wildman–Crippen LogP) is 5.36. The van der Waals surface area contributed by atoms with Gasteiger partial charge in [-0.3, -0.25) is 0 Å². The van der Waals surface area contributed by atoms with Crippen LogP contribution in [0.5, 0.6) is 5.75 Å². The van der Waals surface area contributed by atoms with E-state index in [0.29, 0.717) is 4.90 Å². The fourth-order valence-electron chi connectivity index (χ4n) is 5.18. The molecule has 2 N–H and O–H groups in total. The summed E-state index contributed by atoms with van der Waals surface area (Å²) in [4.78, 5) is 0.312. The third-order valence-corrected chi connectivity index (χ3v) is 8.15. The molecule has 0 saturated carbocycles. The van der Waals surface area contributed by atoms with E-state index in [2.05, 4.69) is 52.5 Å². The van der Waals surface area contributed by atoms with Gasteiger partial charge in [-0.1, -0.05) is 42.5 Å². The monoisotopic (exact) mass is 448 g/mol. The summed E-state index contributed by atoms with van der Waals surface area (Å²) in [5.41, 5.74) is 3.17. The van der Waals surface area contributed by atoms with Gasteiger partial charge in [0.15, 0.2) is 0 Å². The maximum absolute atomic E-state index is 12.8. The lowest BCUT2D eigenvalue weighted by atomic mass is 9.76. The van der Waals surface area contributed by atoms with E-state index in [-0.39, 0.29) is 23.9 Å². The molecule has 3 aromatic carbocycles. The molecule has 0 bridgehead atoms. The lowest BCUT2D eigenvalue weighted by Gasteiger charge is -2.38. The van der Waals surface area contributed by atoms with Crippen LogP contribution in [0.1, 0.15) is 43.4 Å². The first-order valence-electron chi connectivity index (χ1n) is 11.0. The van der Waals surface area contributed by atoms with Gasteiger partial charge in [0.25, 0.3) is 0 Å². The van der Waals surface area contributed by atoms with E-state index in [1.165, 1.54) is 10.8 Å². The Kier molecular flexibility index (Phi) is 5.22. The molecule has 1 aliphatic heterocycles. The Morgan fingerprint density at radius 3 is 2.69 bits per heavy atom.